The van der Waals surface area contributed by atoms with Gasteiger partial charge in [-0.2, -0.15) is 0 Å². The highest BCUT2D eigenvalue weighted by atomic mass is 16.2. The first-order valence-corrected chi connectivity index (χ1v) is 6.18. The van der Waals surface area contributed by atoms with Crippen molar-refractivity contribution in [2.75, 3.05) is 0 Å². The average molecular weight is 248 g/mol. The first-order chi connectivity index (χ1) is 9.25. The zero-order valence-electron chi connectivity index (χ0n) is 10.3. The van der Waals surface area contributed by atoms with Crippen molar-refractivity contribution in [3.63, 3.8) is 0 Å². The maximum Gasteiger partial charge on any atom is 0.233 e. The number of Topliss-reactive ketones (excluding diaryl/α,β-unsaturated/α-hetero) is 1. The largest absolute Gasteiger partial charge is 0.286 e. The fourth-order valence-corrected chi connectivity index (χ4v) is 2.36. The number of hydrogen-bond acceptors (Lipinski definition) is 2. The minimum Gasteiger partial charge on any atom is -0.286 e. The molecule has 2 heteroatoms. The van der Waals surface area contributed by atoms with Gasteiger partial charge in [-0.1, -0.05) is 54.6 Å². The fourth-order valence-electron chi connectivity index (χ4n) is 2.36. The molecule has 1 aliphatic carbocycles. The van der Waals surface area contributed by atoms with E-state index in [1.54, 1.807) is 12.1 Å². The summed E-state index contributed by atoms with van der Waals surface area (Å²) in [5.74, 6) is -0.836. The molecule has 19 heavy (non-hydrogen) atoms. The van der Waals surface area contributed by atoms with Gasteiger partial charge in [-0.05, 0) is 29.2 Å². The molecule has 0 spiro atoms. The summed E-state index contributed by atoms with van der Waals surface area (Å²) >= 11 is 0. The minimum atomic E-state index is -0.426. The van der Waals surface area contributed by atoms with E-state index in [1.807, 2.05) is 42.5 Å². The molecule has 0 atom stereocenters. The van der Waals surface area contributed by atoms with Crippen LogP contribution in [0.1, 0.15) is 21.5 Å². The first-order valence-electron chi connectivity index (χ1n) is 6.18. The monoisotopic (exact) mass is 248 g/mol. The predicted molar refractivity (Wildman–Crippen MR) is 73.9 cm³/mol. The standard InChI is InChI=1S/C17H12O2/c18-16-11-13(10-12-6-2-1-3-7-12)14-8-4-5-9-15(14)17(16)19/h1-9,11H,10H2. The third-order valence-electron chi connectivity index (χ3n) is 3.28. The molecule has 0 amide bonds. The number of fused-ring (bicyclic) bond motifs is 1. The fraction of sp³-hybridized carbons (Fsp3) is 0.0588. The molecule has 0 saturated heterocycles. The zero-order valence-corrected chi connectivity index (χ0v) is 10.3. The summed E-state index contributed by atoms with van der Waals surface area (Å²) in [4.78, 5) is 23.6. The smallest absolute Gasteiger partial charge is 0.233 e. The molecular formula is C17H12O2. The van der Waals surface area contributed by atoms with Crippen molar-refractivity contribution in [2.24, 2.45) is 0 Å². The zero-order chi connectivity index (χ0) is 13.2. The van der Waals surface area contributed by atoms with Crippen molar-refractivity contribution in [3.8, 4) is 0 Å². The van der Waals surface area contributed by atoms with Crippen LogP contribution >= 0.6 is 0 Å². The minimum absolute atomic E-state index is 0.410. The second-order valence-corrected chi connectivity index (χ2v) is 4.57. The summed E-state index contributed by atoms with van der Waals surface area (Å²) in [7, 11) is 0. The second-order valence-electron chi connectivity index (χ2n) is 4.57. The van der Waals surface area contributed by atoms with Gasteiger partial charge in [0.05, 0.1) is 0 Å². The van der Waals surface area contributed by atoms with Crippen LogP contribution in [0.2, 0.25) is 0 Å². The van der Waals surface area contributed by atoms with Crippen molar-refractivity contribution < 1.29 is 9.59 Å². The SMILES string of the molecule is O=C1C=C(Cc2ccccc2)c2ccccc2C1=O. The maximum absolute atomic E-state index is 11.8. The highest BCUT2D eigenvalue weighted by Crippen LogP contribution is 2.27. The van der Waals surface area contributed by atoms with Crippen LogP contribution in [0.3, 0.4) is 0 Å². The van der Waals surface area contributed by atoms with Crippen LogP contribution in [0.5, 0.6) is 0 Å². The lowest BCUT2D eigenvalue weighted by molar-refractivity contribution is -0.111. The molecular weight excluding hydrogens is 236 g/mol. The van der Waals surface area contributed by atoms with Gasteiger partial charge in [-0.25, -0.2) is 0 Å². The number of benzene rings is 2. The molecule has 0 heterocycles. The molecule has 2 aromatic carbocycles. The summed E-state index contributed by atoms with van der Waals surface area (Å²) in [5, 5.41) is 0. The van der Waals surface area contributed by atoms with Gasteiger partial charge < -0.3 is 0 Å². The Bertz CT molecular complexity index is 681. The van der Waals surface area contributed by atoms with Gasteiger partial charge in [0.15, 0.2) is 0 Å². The Morgan fingerprint density at radius 1 is 0.737 bits per heavy atom. The van der Waals surface area contributed by atoms with E-state index in [1.165, 1.54) is 6.08 Å². The van der Waals surface area contributed by atoms with Crippen LogP contribution in [-0.4, -0.2) is 11.6 Å². The van der Waals surface area contributed by atoms with Gasteiger partial charge in [-0.3, -0.25) is 9.59 Å². The Labute approximate surface area is 111 Å². The first kappa shape index (κ1) is 11.6. The number of carbonyl (C=O) groups excluding carboxylic acids is 2. The molecule has 3 rings (SSSR count). The molecule has 0 saturated carbocycles. The molecule has 1 aliphatic rings. The Morgan fingerprint density at radius 3 is 2.11 bits per heavy atom. The third-order valence-corrected chi connectivity index (χ3v) is 3.28. The highest BCUT2D eigenvalue weighted by molar-refractivity contribution is 6.50. The third kappa shape index (κ3) is 2.13. The molecule has 92 valence electrons. The molecule has 0 aliphatic heterocycles. The Balaban J connectivity index is 2.04. The van der Waals surface area contributed by atoms with Crippen LogP contribution in [0, 0.1) is 0 Å². The van der Waals surface area contributed by atoms with Gasteiger partial charge in [-0.15, -0.1) is 0 Å². The van der Waals surface area contributed by atoms with Gasteiger partial charge in [0.2, 0.25) is 11.6 Å². The molecule has 0 radical (unpaired) electrons. The van der Waals surface area contributed by atoms with Gasteiger partial charge in [0.1, 0.15) is 0 Å². The number of rotatable bonds is 2. The van der Waals surface area contributed by atoms with Crippen molar-refractivity contribution in [1.29, 1.82) is 0 Å². The van der Waals surface area contributed by atoms with Crippen molar-refractivity contribution in [2.45, 2.75) is 6.42 Å². The van der Waals surface area contributed by atoms with Crippen molar-refractivity contribution in [1.82, 2.24) is 0 Å². The van der Waals surface area contributed by atoms with E-state index in [4.69, 9.17) is 0 Å². The van der Waals surface area contributed by atoms with E-state index < -0.39 is 11.6 Å². The summed E-state index contributed by atoms with van der Waals surface area (Å²) in [6.07, 6.45) is 2.13. The predicted octanol–water partition coefficient (Wildman–Crippen LogP) is 3.08. The number of allylic oxidation sites excluding steroid dienone is 2. The summed E-state index contributed by atoms with van der Waals surface area (Å²) in [5.41, 5.74) is 3.42. The quantitative estimate of drug-likeness (QED) is 0.765. The van der Waals surface area contributed by atoms with E-state index in [0.717, 1.165) is 16.7 Å². The molecule has 0 fully saturated rings. The Hall–Kier alpha value is -2.48. The van der Waals surface area contributed by atoms with E-state index in [2.05, 4.69) is 0 Å². The molecule has 2 nitrogen and oxygen atoms in total. The summed E-state index contributed by atoms with van der Waals surface area (Å²) in [6, 6.07) is 17.2. The number of hydrogen-bond donors (Lipinski definition) is 0. The highest BCUT2D eigenvalue weighted by Gasteiger charge is 2.24. The molecule has 0 N–H and O–H groups in total. The van der Waals surface area contributed by atoms with Gasteiger partial charge in [0, 0.05) is 5.56 Å². The maximum atomic E-state index is 11.8. The summed E-state index contributed by atoms with van der Waals surface area (Å²) < 4.78 is 0. The van der Waals surface area contributed by atoms with E-state index in [9.17, 15) is 9.59 Å². The lowest BCUT2D eigenvalue weighted by Crippen LogP contribution is -2.19. The second kappa shape index (κ2) is 4.65. The van der Waals surface area contributed by atoms with Crippen molar-refractivity contribution >= 4 is 17.1 Å². The van der Waals surface area contributed by atoms with Crippen molar-refractivity contribution in [3.05, 3.63) is 77.4 Å². The molecule has 0 bridgehead atoms. The normalized spacial score (nSPS) is 14.0. The molecule has 2 aromatic rings. The Morgan fingerprint density at radius 2 is 1.37 bits per heavy atom. The lowest BCUT2D eigenvalue weighted by Gasteiger charge is -2.16. The van der Waals surface area contributed by atoms with E-state index >= 15 is 0 Å². The van der Waals surface area contributed by atoms with Crippen LogP contribution in [0.25, 0.3) is 5.57 Å². The van der Waals surface area contributed by atoms with Crippen LogP contribution in [0.15, 0.2) is 60.7 Å². The topological polar surface area (TPSA) is 34.1 Å². The Kier molecular flexibility index (Phi) is 2.84. The van der Waals surface area contributed by atoms with Gasteiger partial charge >= 0.3 is 0 Å². The van der Waals surface area contributed by atoms with Crippen LogP contribution < -0.4 is 0 Å². The van der Waals surface area contributed by atoms with E-state index in [0.29, 0.717) is 12.0 Å². The summed E-state index contributed by atoms with van der Waals surface area (Å²) in [6.45, 7) is 0. The van der Waals surface area contributed by atoms with E-state index in [-0.39, 0.29) is 0 Å². The number of ketones is 2. The molecule has 0 unspecified atom stereocenters. The van der Waals surface area contributed by atoms with Crippen LogP contribution in [-0.2, 0) is 11.2 Å². The number of carbonyl (C=O) groups is 2. The average Bonchev–Trinajstić information content (AvgIpc) is 2.46. The lowest BCUT2D eigenvalue weighted by atomic mass is 9.86. The molecule has 0 aromatic heterocycles. The van der Waals surface area contributed by atoms with Gasteiger partial charge in [0.25, 0.3) is 0 Å². The van der Waals surface area contributed by atoms with Crippen LogP contribution in [0.4, 0.5) is 0 Å².